The summed E-state index contributed by atoms with van der Waals surface area (Å²) in [6.07, 6.45) is 2.78. The maximum absolute atomic E-state index is 12.2. The molecule has 1 aliphatic heterocycles. The van der Waals surface area contributed by atoms with Crippen LogP contribution >= 0.6 is 28.3 Å². The van der Waals surface area contributed by atoms with E-state index in [9.17, 15) is 4.79 Å². The van der Waals surface area contributed by atoms with E-state index in [-0.39, 0.29) is 30.4 Å². The van der Waals surface area contributed by atoms with Gasteiger partial charge in [-0.15, -0.1) is 12.4 Å². The molecule has 1 saturated heterocycles. The van der Waals surface area contributed by atoms with Gasteiger partial charge in [0.1, 0.15) is 0 Å². The molecule has 3 nitrogen and oxygen atoms in total. The quantitative estimate of drug-likeness (QED) is 0.912. The molecule has 5 heteroatoms. The molecule has 19 heavy (non-hydrogen) atoms. The summed E-state index contributed by atoms with van der Waals surface area (Å²) in [6, 6.07) is 8.01. The summed E-state index contributed by atoms with van der Waals surface area (Å²) in [4.78, 5) is 14.2. The third kappa shape index (κ3) is 3.71. The normalized spacial score (nSPS) is 19.9. The number of carbonyl (C=O) groups excluding carboxylic acids is 1. The first-order valence-electron chi connectivity index (χ1n) is 6.45. The largest absolute Gasteiger partial charge is 0.334 e. The van der Waals surface area contributed by atoms with Crippen LogP contribution < -0.4 is 5.73 Å². The van der Waals surface area contributed by atoms with Gasteiger partial charge in [0.05, 0.1) is 12.1 Å². The average molecular weight is 348 g/mol. The zero-order valence-corrected chi connectivity index (χ0v) is 13.4. The molecule has 0 aromatic heterocycles. The number of benzene rings is 1. The van der Waals surface area contributed by atoms with E-state index in [1.165, 1.54) is 5.56 Å². The second-order valence-corrected chi connectivity index (χ2v) is 5.68. The minimum absolute atomic E-state index is 0. The van der Waals surface area contributed by atoms with Gasteiger partial charge in [0.2, 0.25) is 5.91 Å². The van der Waals surface area contributed by atoms with Gasteiger partial charge in [0.15, 0.2) is 0 Å². The van der Waals surface area contributed by atoms with Gasteiger partial charge in [0.25, 0.3) is 0 Å². The van der Waals surface area contributed by atoms with Gasteiger partial charge in [-0.2, -0.15) is 0 Å². The number of rotatable bonds is 3. The summed E-state index contributed by atoms with van der Waals surface area (Å²) in [5, 5.41) is 0. The second kappa shape index (κ2) is 7.27. The lowest BCUT2D eigenvalue weighted by Crippen LogP contribution is -2.43. The highest BCUT2D eigenvalue weighted by Gasteiger charge is 2.31. The average Bonchev–Trinajstić information content (AvgIpc) is 2.86. The molecule has 0 spiro atoms. The predicted molar refractivity (Wildman–Crippen MR) is 83.3 cm³/mol. The Morgan fingerprint density at radius 2 is 2.32 bits per heavy atom. The third-order valence-corrected chi connectivity index (χ3v) is 4.02. The van der Waals surface area contributed by atoms with Crippen molar-refractivity contribution in [3.05, 3.63) is 34.3 Å². The highest BCUT2D eigenvalue weighted by atomic mass is 79.9. The number of nitrogens with zero attached hydrogens (tertiary/aromatic N) is 1. The molecule has 0 radical (unpaired) electrons. The number of halogens is 2. The monoisotopic (exact) mass is 346 g/mol. The van der Waals surface area contributed by atoms with Crippen molar-refractivity contribution in [2.45, 2.75) is 38.3 Å². The molecule has 106 valence electrons. The molecule has 2 N–H and O–H groups in total. The van der Waals surface area contributed by atoms with Crippen LogP contribution in [0.15, 0.2) is 28.7 Å². The number of hydrogen-bond acceptors (Lipinski definition) is 2. The Bertz CT molecular complexity index is 441. The van der Waals surface area contributed by atoms with E-state index >= 15 is 0 Å². The molecular formula is C14H20BrClN2O. The summed E-state index contributed by atoms with van der Waals surface area (Å²) in [5.74, 6) is 0.0833. The fourth-order valence-electron chi connectivity index (χ4n) is 2.48. The smallest absolute Gasteiger partial charge is 0.239 e. The van der Waals surface area contributed by atoms with Crippen molar-refractivity contribution in [3.8, 4) is 0 Å². The van der Waals surface area contributed by atoms with Crippen LogP contribution in [0.4, 0.5) is 0 Å². The summed E-state index contributed by atoms with van der Waals surface area (Å²) in [5.41, 5.74) is 7.06. The molecule has 1 aromatic rings. The van der Waals surface area contributed by atoms with Crippen LogP contribution in [0.25, 0.3) is 0 Å². The van der Waals surface area contributed by atoms with E-state index in [1.54, 1.807) is 0 Å². The Labute approximate surface area is 129 Å². The fraction of sp³-hybridized carbons (Fsp3) is 0.500. The van der Waals surface area contributed by atoms with Crippen molar-refractivity contribution in [1.82, 2.24) is 4.90 Å². The van der Waals surface area contributed by atoms with Gasteiger partial charge in [0, 0.05) is 11.0 Å². The SMILES string of the molecule is CC[C@H](N)C(=O)N1CCCC1c1cccc(Br)c1.Cl. The molecule has 1 amide bonds. The van der Waals surface area contributed by atoms with Crippen LogP contribution in [0.3, 0.4) is 0 Å². The molecule has 1 fully saturated rings. The molecule has 1 aromatic carbocycles. The molecule has 1 aliphatic rings. The standard InChI is InChI=1S/C14H19BrN2O.ClH/c1-2-12(16)14(18)17-8-4-7-13(17)10-5-3-6-11(15)9-10;/h3,5-6,9,12-13H,2,4,7-8,16H2,1H3;1H/t12-,13?;/m0./s1. The van der Waals surface area contributed by atoms with Crippen molar-refractivity contribution in [2.75, 3.05) is 6.54 Å². The summed E-state index contributed by atoms with van der Waals surface area (Å²) in [6.45, 7) is 2.77. The predicted octanol–water partition coefficient (Wildman–Crippen LogP) is 3.27. The second-order valence-electron chi connectivity index (χ2n) is 4.76. The number of amides is 1. The number of hydrogen-bond donors (Lipinski definition) is 1. The van der Waals surface area contributed by atoms with E-state index in [4.69, 9.17) is 5.73 Å². The van der Waals surface area contributed by atoms with E-state index in [0.29, 0.717) is 6.42 Å². The van der Waals surface area contributed by atoms with E-state index in [0.717, 1.165) is 23.9 Å². The minimum atomic E-state index is -0.363. The lowest BCUT2D eigenvalue weighted by atomic mass is 10.0. The molecule has 1 unspecified atom stereocenters. The molecule has 0 bridgehead atoms. The molecular weight excluding hydrogens is 328 g/mol. The summed E-state index contributed by atoms with van der Waals surface area (Å²) >= 11 is 3.48. The van der Waals surface area contributed by atoms with E-state index in [2.05, 4.69) is 28.1 Å². The van der Waals surface area contributed by atoms with Gasteiger partial charge < -0.3 is 10.6 Å². The van der Waals surface area contributed by atoms with Gasteiger partial charge in [-0.3, -0.25) is 4.79 Å². The third-order valence-electron chi connectivity index (χ3n) is 3.53. The van der Waals surface area contributed by atoms with Gasteiger partial charge in [-0.25, -0.2) is 0 Å². The highest BCUT2D eigenvalue weighted by Crippen LogP contribution is 2.33. The van der Waals surface area contributed by atoms with Crippen molar-refractivity contribution >= 4 is 34.2 Å². The van der Waals surface area contributed by atoms with Crippen molar-refractivity contribution in [1.29, 1.82) is 0 Å². The molecule has 2 rings (SSSR count). The van der Waals surface area contributed by atoms with Crippen LogP contribution in [0.5, 0.6) is 0 Å². The van der Waals surface area contributed by atoms with Gasteiger partial charge in [-0.05, 0) is 37.0 Å². The first-order chi connectivity index (χ1) is 8.63. The fourth-order valence-corrected chi connectivity index (χ4v) is 2.90. The van der Waals surface area contributed by atoms with Gasteiger partial charge in [-0.1, -0.05) is 35.0 Å². The van der Waals surface area contributed by atoms with Crippen LogP contribution in [-0.2, 0) is 4.79 Å². The van der Waals surface area contributed by atoms with Crippen molar-refractivity contribution in [3.63, 3.8) is 0 Å². The Balaban J connectivity index is 0.00000180. The van der Waals surface area contributed by atoms with Gasteiger partial charge >= 0.3 is 0 Å². The Kier molecular flexibility index (Phi) is 6.30. The topological polar surface area (TPSA) is 46.3 Å². The maximum atomic E-state index is 12.2. The maximum Gasteiger partial charge on any atom is 0.239 e. The Morgan fingerprint density at radius 3 is 2.95 bits per heavy atom. The first-order valence-corrected chi connectivity index (χ1v) is 7.24. The van der Waals surface area contributed by atoms with Crippen molar-refractivity contribution < 1.29 is 4.79 Å². The number of likely N-dealkylation sites (tertiary alicyclic amines) is 1. The lowest BCUT2D eigenvalue weighted by molar-refractivity contribution is -0.133. The van der Waals surface area contributed by atoms with E-state index in [1.807, 2.05) is 24.0 Å². The van der Waals surface area contributed by atoms with Crippen LogP contribution in [-0.4, -0.2) is 23.4 Å². The van der Waals surface area contributed by atoms with Crippen LogP contribution in [0, 0.1) is 0 Å². The van der Waals surface area contributed by atoms with Crippen LogP contribution in [0.1, 0.15) is 37.8 Å². The molecule has 1 heterocycles. The molecule has 2 atom stereocenters. The summed E-state index contributed by atoms with van der Waals surface area (Å²) < 4.78 is 1.05. The first kappa shape index (κ1) is 16.5. The zero-order valence-electron chi connectivity index (χ0n) is 11.0. The minimum Gasteiger partial charge on any atom is -0.334 e. The lowest BCUT2D eigenvalue weighted by Gasteiger charge is -2.27. The van der Waals surface area contributed by atoms with Crippen molar-refractivity contribution in [2.24, 2.45) is 5.73 Å². The molecule has 0 saturated carbocycles. The number of carbonyl (C=O) groups is 1. The van der Waals surface area contributed by atoms with Crippen LogP contribution in [0.2, 0.25) is 0 Å². The van der Waals surface area contributed by atoms with E-state index < -0.39 is 0 Å². The highest BCUT2D eigenvalue weighted by molar-refractivity contribution is 9.10. The Hall–Kier alpha value is -0.580. The number of nitrogens with two attached hydrogens (primary N) is 1. The zero-order chi connectivity index (χ0) is 13.1. The molecule has 0 aliphatic carbocycles. The summed E-state index contributed by atoms with van der Waals surface area (Å²) in [7, 11) is 0. The Morgan fingerprint density at radius 1 is 1.58 bits per heavy atom.